The zero-order valence-electron chi connectivity index (χ0n) is 12.5. The molecule has 2 heterocycles. The summed E-state index contributed by atoms with van der Waals surface area (Å²) in [6, 6.07) is 6.66. The molecule has 0 fully saturated rings. The lowest BCUT2D eigenvalue weighted by Gasteiger charge is -2.07. The van der Waals surface area contributed by atoms with Gasteiger partial charge in [0.25, 0.3) is 0 Å². The molecule has 2 N–H and O–H groups in total. The fraction of sp³-hybridized carbons (Fsp3) is 0.125. The lowest BCUT2D eigenvalue weighted by molar-refractivity contribution is -0.137. The number of amides is 1. The number of nitrogens with zero attached hydrogens (tertiary/aromatic N) is 2. The number of aromatic hydroxyl groups is 1. The van der Waals surface area contributed by atoms with E-state index in [1.165, 1.54) is 30.5 Å². The van der Waals surface area contributed by atoms with Crippen LogP contribution in [0.25, 0.3) is 5.65 Å². The van der Waals surface area contributed by atoms with Crippen molar-refractivity contribution in [3.8, 4) is 5.75 Å². The first kappa shape index (κ1) is 17.1. The van der Waals surface area contributed by atoms with Crippen LogP contribution >= 0.6 is 11.6 Å². The monoisotopic (exact) mass is 369 g/mol. The van der Waals surface area contributed by atoms with Crippen molar-refractivity contribution >= 4 is 28.8 Å². The Morgan fingerprint density at radius 1 is 1.24 bits per heavy atom. The van der Waals surface area contributed by atoms with E-state index < -0.39 is 17.6 Å². The first-order chi connectivity index (χ1) is 11.7. The minimum Gasteiger partial charge on any atom is -0.508 e. The summed E-state index contributed by atoms with van der Waals surface area (Å²) in [5.41, 5.74) is -0.00829. The number of hydrogen-bond donors (Lipinski definition) is 2. The number of nitrogens with one attached hydrogen (secondary N) is 1. The van der Waals surface area contributed by atoms with Crippen molar-refractivity contribution in [1.82, 2.24) is 9.38 Å². The zero-order valence-corrected chi connectivity index (χ0v) is 13.3. The Balaban J connectivity index is 1.81. The molecule has 3 rings (SSSR count). The molecule has 2 aromatic heterocycles. The van der Waals surface area contributed by atoms with Crippen LogP contribution < -0.4 is 5.32 Å². The number of aromatic nitrogens is 2. The number of rotatable bonds is 3. The van der Waals surface area contributed by atoms with E-state index in [9.17, 15) is 23.1 Å². The molecule has 0 aliphatic rings. The first-order valence-electron chi connectivity index (χ1n) is 7.05. The molecule has 0 bridgehead atoms. The maximum Gasteiger partial charge on any atom is 0.417 e. The van der Waals surface area contributed by atoms with Crippen molar-refractivity contribution in [3.63, 3.8) is 0 Å². The number of phenolic OH excluding ortho intramolecular Hbond substituents is 1. The van der Waals surface area contributed by atoms with Gasteiger partial charge in [0.1, 0.15) is 5.75 Å². The molecule has 0 saturated heterocycles. The summed E-state index contributed by atoms with van der Waals surface area (Å²) in [6.45, 7) is 0. The molecule has 0 spiro atoms. The normalized spacial score (nSPS) is 11.7. The summed E-state index contributed by atoms with van der Waals surface area (Å²) >= 11 is 5.86. The molecule has 9 heteroatoms. The van der Waals surface area contributed by atoms with Gasteiger partial charge in [0.15, 0.2) is 5.65 Å². The largest absolute Gasteiger partial charge is 0.508 e. The van der Waals surface area contributed by atoms with Gasteiger partial charge in [0.2, 0.25) is 5.91 Å². The summed E-state index contributed by atoms with van der Waals surface area (Å²) in [7, 11) is 0. The molecule has 5 nitrogen and oxygen atoms in total. The summed E-state index contributed by atoms with van der Waals surface area (Å²) in [5, 5.41) is 11.6. The van der Waals surface area contributed by atoms with Gasteiger partial charge in [-0.15, -0.1) is 0 Å². The van der Waals surface area contributed by atoms with E-state index in [1.807, 2.05) is 0 Å². The molecule has 1 amide bonds. The van der Waals surface area contributed by atoms with Gasteiger partial charge in [0, 0.05) is 18.1 Å². The van der Waals surface area contributed by atoms with Gasteiger partial charge >= 0.3 is 6.18 Å². The lowest BCUT2D eigenvalue weighted by atomic mass is 10.2. The lowest BCUT2D eigenvalue weighted by Crippen LogP contribution is -2.14. The highest BCUT2D eigenvalue weighted by molar-refractivity contribution is 6.33. The third-order valence-corrected chi connectivity index (χ3v) is 3.65. The second-order valence-corrected chi connectivity index (χ2v) is 5.72. The molecule has 0 saturated carbocycles. The van der Waals surface area contributed by atoms with Crippen LogP contribution in [0.2, 0.25) is 5.02 Å². The number of carbonyl (C=O) groups excluding carboxylic acids is 1. The number of hydrogen-bond acceptors (Lipinski definition) is 3. The quantitative estimate of drug-likeness (QED) is 0.688. The Labute approximate surface area is 144 Å². The second kappa shape index (κ2) is 6.29. The molecule has 130 valence electrons. The number of pyridine rings is 1. The summed E-state index contributed by atoms with van der Waals surface area (Å²) in [6.07, 6.45) is -2.47. The SMILES string of the molecule is O=C(Cc1cn2cc(C(F)(F)F)cc(Cl)c2n1)Nc1ccc(O)cc1. The van der Waals surface area contributed by atoms with Crippen LogP contribution in [0, 0.1) is 0 Å². The minimum absolute atomic E-state index is 0.0634. The van der Waals surface area contributed by atoms with Gasteiger partial charge < -0.3 is 14.8 Å². The highest BCUT2D eigenvalue weighted by atomic mass is 35.5. The van der Waals surface area contributed by atoms with E-state index in [-0.39, 0.29) is 28.5 Å². The summed E-state index contributed by atoms with van der Waals surface area (Å²) < 4.78 is 39.6. The number of anilines is 1. The number of halogens is 4. The highest BCUT2D eigenvalue weighted by Crippen LogP contribution is 2.32. The Kier molecular flexibility index (Phi) is 4.30. The van der Waals surface area contributed by atoms with Crippen LogP contribution in [0.3, 0.4) is 0 Å². The molecule has 0 aliphatic carbocycles. The average molecular weight is 370 g/mol. The molecular formula is C16H11ClF3N3O2. The molecular weight excluding hydrogens is 359 g/mol. The molecule has 3 aromatic rings. The Hall–Kier alpha value is -2.74. The van der Waals surface area contributed by atoms with Crippen molar-refractivity contribution in [2.75, 3.05) is 5.32 Å². The van der Waals surface area contributed by atoms with Gasteiger partial charge in [-0.25, -0.2) is 4.98 Å². The van der Waals surface area contributed by atoms with Crippen molar-refractivity contribution in [2.24, 2.45) is 0 Å². The number of alkyl halides is 3. The zero-order chi connectivity index (χ0) is 18.2. The van der Waals surface area contributed by atoms with Gasteiger partial charge in [-0.05, 0) is 30.3 Å². The predicted octanol–water partition coefficient (Wildman–Crippen LogP) is 3.89. The fourth-order valence-corrected chi connectivity index (χ4v) is 2.52. The van der Waals surface area contributed by atoms with Crippen molar-refractivity contribution in [2.45, 2.75) is 12.6 Å². The number of fused-ring (bicyclic) bond motifs is 1. The van der Waals surface area contributed by atoms with E-state index in [4.69, 9.17) is 11.6 Å². The fourth-order valence-electron chi connectivity index (χ4n) is 2.26. The molecule has 0 aliphatic heterocycles. The van der Waals surface area contributed by atoms with Crippen LogP contribution in [0.1, 0.15) is 11.3 Å². The van der Waals surface area contributed by atoms with E-state index in [0.717, 1.165) is 16.7 Å². The molecule has 25 heavy (non-hydrogen) atoms. The summed E-state index contributed by atoms with van der Waals surface area (Å²) in [5.74, 6) is -0.338. The van der Waals surface area contributed by atoms with Gasteiger partial charge in [-0.3, -0.25) is 4.79 Å². The predicted molar refractivity (Wildman–Crippen MR) is 85.6 cm³/mol. The standard InChI is InChI=1S/C16H11ClF3N3O2/c17-13-5-9(16(18,19)20)7-23-8-11(22-15(13)23)6-14(25)21-10-1-3-12(24)4-2-10/h1-5,7-8,24H,6H2,(H,21,25). The van der Waals surface area contributed by atoms with Crippen LogP contribution in [0.15, 0.2) is 42.7 Å². The van der Waals surface area contributed by atoms with Crippen molar-refractivity contribution < 1.29 is 23.1 Å². The number of phenols is 1. The van der Waals surface area contributed by atoms with Crippen LogP contribution in [-0.2, 0) is 17.4 Å². The van der Waals surface area contributed by atoms with E-state index >= 15 is 0 Å². The van der Waals surface area contributed by atoms with Crippen molar-refractivity contribution in [3.05, 3.63) is 59.0 Å². The summed E-state index contributed by atoms with van der Waals surface area (Å²) in [4.78, 5) is 16.1. The van der Waals surface area contributed by atoms with E-state index in [2.05, 4.69) is 10.3 Å². The van der Waals surface area contributed by atoms with Gasteiger partial charge in [-0.2, -0.15) is 13.2 Å². The number of imidazole rings is 1. The second-order valence-electron chi connectivity index (χ2n) is 5.31. The van der Waals surface area contributed by atoms with Crippen molar-refractivity contribution in [1.29, 1.82) is 0 Å². The topological polar surface area (TPSA) is 66.6 Å². The average Bonchev–Trinajstić information content (AvgIpc) is 2.91. The van der Waals surface area contributed by atoms with E-state index in [1.54, 1.807) is 0 Å². The molecule has 0 unspecified atom stereocenters. The molecule has 0 atom stereocenters. The smallest absolute Gasteiger partial charge is 0.417 e. The minimum atomic E-state index is -4.53. The maximum absolute atomic E-state index is 12.8. The number of carbonyl (C=O) groups is 1. The molecule has 0 radical (unpaired) electrons. The third-order valence-electron chi connectivity index (χ3n) is 3.38. The number of benzene rings is 1. The van der Waals surface area contributed by atoms with Gasteiger partial charge in [0.05, 0.1) is 22.7 Å². The third kappa shape index (κ3) is 3.85. The first-order valence-corrected chi connectivity index (χ1v) is 7.43. The van der Waals surface area contributed by atoms with E-state index in [0.29, 0.717) is 5.69 Å². The highest BCUT2D eigenvalue weighted by Gasteiger charge is 2.31. The Morgan fingerprint density at radius 3 is 2.56 bits per heavy atom. The Morgan fingerprint density at radius 2 is 1.92 bits per heavy atom. The van der Waals surface area contributed by atoms with Crippen LogP contribution in [0.4, 0.5) is 18.9 Å². The molecule has 1 aromatic carbocycles. The van der Waals surface area contributed by atoms with Gasteiger partial charge in [-0.1, -0.05) is 11.6 Å². The maximum atomic E-state index is 12.8. The Bertz CT molecular complexity index is 936. The van der Waals surface area contributed by atoms with Crippen LogP contribution in [0.5, 0.6) is 5.75 Å². The van der Waals surface area contributed by atoms with Crippen LogP contribution in [-0.4, -0.2) is 20.4 Å².